The Hall–Kier alpha value is -1.22. The van der Waals surface area contributed by atoms with Gasteiger partial charge in [-0.3, -0.25) is 4.79 Å². The Morgan fingerprint density at radius 1 is 1.28 bits per heavy atom. The molecule has 1 rings (SSSR count). The minimum absolute atomic E-state index is 0. The first-order chi connectivity index (χ1) is 7.61. The molecule has 0 spiro atoms. The van der Waals surface area contributed by atoms with E-state index < -0.39 is 0 Å². The first-order valence-corrected chi connectivity index (χ1v) is 5.38. The summed E-state index contributed by atoms with van der Waals surface area (Å²) >= 11 is 0. The zero-order valence-electron chi connectivity index (χ0n) is 9.70. The van der Waals surface area contributed by atoms with Crippen molar-refractivity contribution < 1.29 is 13.9 Å². The highest BCUT2D eigenvalue weighted by atomic mass is 19.1. The Morgan fingerprint density at radius 2 is 1.83 bits per heavy atom. The molecule has 1 aromatic carbocycles. The summed E-state index contributed by atoms with van der Waals surface area (Å²) in [6.07, 6.45) is 1.98. The molecule has 104 valence electrons. The van der Waals surface area contributed by atoms with Crippen LogP contribution < -0.4 is 0 Å². The molecule has 0 radical (unpaired) electrons. The van der Waals surface area contributed by atoms with Crippen LogP contribution in [0.15, 0.2) is 24.3 Å². The van der Waals surface area contributed by atoms with E-state index in [-0.39, 0.29) is 32.6 Å². The summed E-state index contributed by atoms with van der Waals surface area (Å²) in [5, 5.41) is 0. The third-order valence-electron chi connectivity index (χ3n) is 2.52. The van der Waals surface area contributed by atoms with Gasteiger partial charge in [0.1, 0.15) is 11.6 Å². The van der Waals surface area contributed by atoms with Crippen LogP contribution in [-0.4, -0.2) is 19.0 Å². The van der Waals surface area contributed by atoms with Crippen LogP contribution in [0.1, 0.15) is 40.2 Å². The van der Waals surface area contributed by atoms with Crippen molar-refractivity contribution in [3.05, 3.63) is 35.6 Å². The molecule has 1 aromatic rings. The van der Waals surface area contributed by atoms with E-state index in [1.807, 2.05) is 0 Å². The van der Waals surface area contributed by atoms with Crippen molar-refractivity contribution in [2.45, 2.75) is 47.1 Å². The van der Waals surface area contributed by atoms with Crippen molar-refractivity contribution in [2.24, 2.45) is 0 Å². The van der Waals surface area contributed by atoms with E-state index in [0.717, 1.165) is 18.4 Å². The second-order valence-electron chi connectivity index (χ2n) is 3.93. The predicted molar refractivity (Wildman–Crippen MR) is 74.3 cm³/mol. The number of Topliss-reactive ketones (excluding diaryl/α,β-unsaturated/α-hetero) is 1. The molecule has 2 nitrogen and oxygen atoms in total. The van der Waals surface area contributed by atoms with Crippen LogP contribution in [0.4, 0.5) is 4.39 Å². The Labute approximate surface area is 110 Å². The van der Waals surface area contributed by atoms with Crippen molar-refractivity contribution in [3.63, 3.8) is 0 Å². The van der Waals surface area contributed by atoms with E-state index in [1.165, 1.54) is 12.1 Å². The number of aryl methyl sites for hydroxylation is 1. The monoisotopic (exact) mass is 256 g/mol. The molecule has 0 saturated carbocycles. The second kappa shape index (κ2) is 9.77. The molecule has 0 heterocycles. The second-order valence-corrected chi connectivity index (χ2v) is 3.93. The van der Waals surface area contributed by atoms with Gasteiger partial charge in [0.25, 0.3) is 0 Å². The van der Waals surface area contributed by atoms with Crippen LogP contribution in [-0.2, 0) is 16.0 Å². The van der Waals surface area contributed by atoms with Crippen molar-refractivity contribution in [2.75, 3.05) is 7.11 Å². The zero-order chi connectivity index (χ0) is 12.0. The van der Waals surface area contributed by atoms with Crippen molar-refractivity contribution in [1.29, 1.82) is 0 Å². The summed E-state index contributed by atoms with van der Waals surface area (Å²) < 4.78 is 17.9. The summed E-state index contributed by atoms with van der Waals surface area (Å²) in [5.41, 5.74) is 1.06. The molecular weight excluding hydrogens is 231 g/mol. The third kappa shape index (κ3) is 7.17. The number of ketones is 1. The number of benzene rings is 1. The summed E-state index contributed by atoms with van der Waals surface area (Å²) in [5.74, 6) is -0.0956. The topological polar surface area (TPSA) is 26.3 Å². The minimum atomic E-state index is -0.226. The lowest BCUT2D eigenvalue weighted by atomic mass is 10.0. The SMILES string of the molecule is C.C.COC(CCc1ccc(F)cc1)CC(C)=O. The average Bonchev–Trinajstić information content (AvgIpc) is 2.26. The first kappa shape index (κ1) is 19.1. The fourth-order valence-corrected chi connectivity index (χ4v) is 1.60. The van der Waals surface area contributed by atoms with E-state index >= 15 is 0 Å². The number of rotatable bonds is 6. The summed E-state index contributed by atoms with van der Waals surface area (Å²) in [6, 6.07) is 6.41. The van der Waals surface area contributed by atoms with Gasteiger partial charge >= 0.3 is 0 Å². The molecule has 0 aliphatic heterocycles. The maximum Gasteiger partial charge on any atom is 0.132 e. The van der Waals surface area contributed by atoms with Gasteiger partial charge in [0, 0.05) is 13.5 Å². The van der Waals surface area contributed by atoms with Crippen LogP contribution in [0.5, 0.6) is 0 Å². The summed E-state index contributed by atoms with van der Waals surface area (Å²) in [6.45, 7) is 1.56. The molecule has 0 aromatic heterocycles. The third-order valence-corrected chi connectivity index (χ3v) is 2.52. The largest absolute Gasteiger partial charge is 0.381 e. The predicted octanol–water partition coefficient (Wildman–Crippen LogP) is 4.02. The van der Waals surface area contributed by atoms with Gasteiger partial charge in [-0.15, -0.1) is 0 Å². The van der Waals surface area contributed by atoms with Gasteiger partial charge in [0.05, 0.1) is 6.10 Å². The standard InChI is InChI=1S/C13H17FO2.2CH4/c1-10(15)9-13(16-2)8-5-11-3-6-12(14)7-4-11;;/h3-4,6-7,13H,5,8-9H2,1-2H3;2*1H4. The lowest BCUT2D eigenvalue weighted by Gasteiger charge is -2.13. The summed E-state index contributed by atoms with van der Waals surface area (Å²) in [4.78, 5) is 10.9. The van der Waals surface area contributed by atoms with Gasteiger partial charge in [-0.1, -0.05) is 27.0 Å². The van der Waals surface area contributed by atoms with E-state index in [0.29, 0.717) is 6.42 Å². The van der Waals surface area contributed by atoms with E-state index in [9.17, 15) is 9.18 Å². The number of halogens is 1. The van der Waals surface area contributed by atoms with Gasteiger partial charge in [-0.2, -0.15) is 0 Å². The zero-order valence-corrected chi connectivity index (χ0v) is 9.70. The Morgan fingerprint density at radius 3 is 2.28 bits per heavy atom. The highest BCUT2D eigenvalue weighted by Gasteiger charge is 2.10. The number of methoxy groups -OCH3 is 1. The number of hydrogen-bond donors (Lipinski definition) is 0. The maximum atomic E-state index is 12.7. The minimum Gasteiger partial charge on any atom is -0.381 e. The number of carbonyl (C=O) groups excluding carboxylic acids is 1. The van der Waals surface area contributed by atoms with E-state index in [4.69, 9.17) is 4.74 Å². The van der Waals surface area contributed by atoms with Crippen molar-refractivity contribution in [3.8, 4) is 0 Å². The molecule has 0 N–H and O–H groups in total. The van der Waals surface area contributed by atoms with Crippen LogP contribution in [0.2, 0.25) is 0 Å². The van der Waals surface area contributed by atoms with E-state index in [2.05, 4.69) is 0 Å². The van der Waals surface area contributed by atoms with Gasteiger partial charge in [-0.25, -0.2) is 4.39 Å². The van der Waals surface area contributed by atoms with E-state index in [1.54, 1.807) is 26.2 Å². The Balaban J connectivity index is 0. The van der Waals surface area contributed by atoms with Gasteiger partial charge in [0.15, 0.2) is 0 Å². The molecule has 0 aliphatic carbocycles. The van der Waals surface area contributed by atoms with Crippen LogP contribution in [0, 0.1) is 5.82 Å². The van der Waals surface area contributed by atoms with Crippen molar-refractivity contribution >= 4 is 5.78 Å². The van der Waals surface area contributed by atoms with Gasteiger partial charge in [-0.05, 0) is 37.5 Å². The van der Waals surface area contributed by atoms with Gasteiger partial charge in [0.2, 0.25) is 0 Å². The fraction of sp³-hybridized carbons (Fsp3) is 0.533. The molecule has 0 bridgehead atoms. The normalized spacial score (nSPS) is 11.1. The highest BCUT2D eigenvalue weighted by molar-refractivity contribution is 5.75. The summed E-state index contributed by atoms with van der Waals surface area (Å²) in [7, 11) is 1.61. The number of hydrogen-bond acceptors (Lipinski definition) is 2. The Kier molecular flexibility index (Phi) is 10.4. The number of ether oxygens (including phenoxy) is 1. The fourth-order valence-electron chi connectivity index (χ4n) is 1.60. The van der Waals surface area contributed by atoms with Gasteiger partial charge < -0.3 is 4.74 Å². The Bertz CT molecular complexity index is 333. The van der Waals surface area contributed by atoms with Crippen LogP contribution >= 0.6 is 0 Å². The maximum absolute atomic E-state index is 12.7. The molecule has 3 heteroatoms. The molecular formula is C15H25FO2. The average molecular weight is 256 g/mol. The molecule has 0 saturated heterocycles. The molecule has 0 aliphatic rings. The quantitative estimate of drug-likeness (QED) is 0.768. The molecule has 1 atom stereocenters. The smallest absolute Gasteiger partial charge is 0.132 e. The first-order valence-electron chi connectivity index (χ1n) is 5.38. The molecule has 0 fully saturated rings. The molecule has 18 heavy (non-hydrogen) atoms. The lowest BCUT2D eigenvalue weighted by molar-refractivity contribution is -0.119. The lowest BCUT2D eigenvalue weighted by Crippen LogP contribution is -2.15. The highest BCUT2D eigenvalue weighted by Crippen LogP contribution is 2.11. The van der Waals surface area contributed by atoms with Crippen LogP contribution in [0.25, 0.3) is 0 Å². The molecule has 1 unspecified atom stereocenters. The molecule has 0 amide bonds. The van der Waals surface area contributed by atoms with Crippen molar-refractivity contribution in [1.82, 2.24) is 0 Å². The number of carbonyl (C=O) groups is 1. The van der Waals surface area contributed by atoms with Crippen LogP contribution in [0.3, 0.4) is 0 Å².